The molecule has 2 aromatic rings. The lowest BCUT2D eigenvalue weighted by Gasteiger charge is -2.34. The van der Waals surface area contributed by atoms with Crippen LogP contribution in [-0.4, -0.2) is 110 Å². The molecule has 41 heavy (non-hydrogen) atoms. The Balaban J connectivity index is 1.29. The Morgan fingerprint density at radius 3 is 2.37 bits per heavy atom. The average molecular weight is 583 g/mol. The van der Waals surface area contributed by atoms with E-state index in [2.05, 4.69) is 27.1 Å². The van der Waals surface area contributed by atoms with Crippen LogP contribution in [0, 0.1) is 5.92 Å². The highest BCUT2D eigenvalue weighted by atomic mass is 32.2. The first kappa shape index (κ1) is 29.2. The zero-order valence-electron chi connectivity index (χ0n) is 23.8. The molecule has 1 aromatic carbocycles. The van der Waals surface area contributed by atoms with Crippen LogP contribution in [0.15, 0.2) is 53.7 Å². The van der Waals surface area contributed by atoms with Crippen LogP contribution in [0.5, 0.6) is 0 Å². The predicted octanol–water partition coefficient (Wildman–Crippen LogP) is 1.22. The predicted molar refractivity (Wildman–Crippen MR) is 154 cm³/mol. The molecule has 3 fully saturated rings. The van der Waals surface area contributed by atoms with E-state index in [0.717, 1.165) is 31.9 Å². The van der Waals surface area contributed by atoms with Gasteiger partial charge in [0.2, 0.25) is 5.91 Å². The van der Waals surface area contributed by atoms with E-state index >= 15 is 0 Å². The van der Waals surface area contributed by atoms with Crippen molar-refractivity contribution in [2.75, 3.05) is 51.2 Å². The van der Waals surface area contributed by atoms with Crippen molar-refractivity contribution in [2.24, 2.45) is 5.92 Å². The van der Waals surface area contributed by atoms with E-state index in [1.807, 2.05) is 26.0 Å². The SMILES string of the molecule is CC(C)CC(NC(=O)c1ccc(N2CCN(C)CC2)cc1)C(=O)N1CCC2C1C(=O)CN2S(=O)(=O)c1ccccn1. The maximum absolute atomic E-state index is 13.8. The second kappa shape index (κ2) is 11.9. The minimum absolute atomic E-state index is 0.0996. The number of benzene rings is 1. The summed E-state index contributed by atoms with van der Waals surface area (Å²) in [6.07, 6.45) is 2.12. The molecule has 2 amide bonds. The first-order chi connectivity index (χ1) is 19.6. The van der Waals surface area contributed by atoms with Gasteiger partial charge in [-0.2, -0.15) is 4.31 Å². The van der Waals surface area contributed by atoms with Crippen LogP contribution in [0.4, 0.5) is 5.69 Å². The fourth-order valence-corrected chi connectivity index (χ4v) is 7.54. The minimum Gasteiger partial charge on any atom is -0.369 e. The zero-order chi connectivity index (χ0) is 29.3. The number of pyridine rings is 1. The van der Waals surface area contributed by atoms with Crippen LogP contribution in [0.25, 0.3) is 0 Å². The number of aromatic nitrogens is 1. The van der Waals surface area contributed by atoms with Crippen LogP contribution < -0.4 is 10.2 Å². The van der Waals surface area contributed by atoms with Crippen LogP contribution in [0.3, 0.4) is 0 Å². The molecule has 1 N–H and O–H groups in total. The molecule has 5 rings (SSSR count). The number of rotatable bonds is 8. The van der Waals surface area contributed by atoms with E-state index in [0.29, 0.717) is 18.4 Å². The number of amides is 2. The molecule has 0 bridgehead atoms. The van der Waals surface area contributed by atoms with Crippen molar-refractivity contribution in [3.63, 3.8) is 0 Å². The summed E-state index contributed by atoms with van der Waals surface area (Å²) in [5.74, 6) is -0.946. The fourth-order valence-electron chi connectivity index (χ4n) is 5.98. The highest BCUT2D eigenvalue weighted by Gasteiger charge is 2.54. The van der Waals surface area contributed by atoms with Crippen LogP contribution in [0.1, 0.15) is 37.0 Å². The van der Waals surface area contributed by atoms with Gasteiger partial charge < -0.3 is 20.0 Å². The van der Waals surface area contributed by atoms with E-state index in [1.54, 1.807) is 24.3 Å². The van der Waals surface area contributed by atoms with Gasteiger partial charge in [0.25, 0.3) is 15.9 Å². The summed E-state index contributed by atoms with van der Waals surface area (Å²) in [6, 6.07) is 9.63. The Bertz CT molecular complexity index is 1380. The van der Waals surface area contributed by atoms with Gasteiger partial charge in [-0.3, -0.25) is 14.4 Å². The van der Waals surface area contributed by atoms with Gasteiger partial charge in [0, 0.05) is 50.2 Å². The summed E-state index contributed by atoms with van der Waals surface area (Å²) in [7, 11) is -1.89. The van der Waals surface area contributed by atoms with Crippen LogP contribution >= 0.6 is 0 Å². The molecule has 4 heterocycles. The van der Waals surface area contributed by atoms with Crippen molar-refractivity contribution in [1.29, 1.82) is 0 Å². The van der Waals surface area contributed by atoms with E-state index in [9.17, 15) is 22.8 Å². The van der Waals surface area contributed by atoms with Gasteiger partial charge in [0.1, 0.15) is 12.1 Å². The van der Waals surface area contributed by atoms with Gasteiger partial charge in [-0.1, -0.05) is 19.9 Å². The Labute approximate surface area is 241 Å². The zero-order valence-corrected chi connectivity index (χ0v) is 24.6. The molecule has 0 aliphatic carbocycles. The molecule has 0 radical (unpaired) electrons. The third-order valence-corrected chi connectivity index (χ3v) is 9.97. The average Bonchev–Trinajstić information content (AvgIpc) is 3.54. The number of likely N-dealkylation sites (tertiary alicyclic amines) is 1. The molecular weight excluding hydrogens is 544 g/mol. The molecule has 3 aliphatic heterocycles. The first-order valence-corrected chi connectivity index (χ1v) is 15.6. The number of hydrogen-bond acceptors (Lipinski definition) is 8. The van der Waals surface area contributed by atoms with Crippen molar-refractivity contribution in [1.82, 2.24) is 24.4 Å². The molecule has 11 nitrogen and oxygen atoms in total. The number of ketones is 1. The van der Waals surface area contributed by atoms with E-state index in [-0.39, 0.29) is 41.6 Å². The number of nitrogens with one attached hydrogen (secondary N) is 1. The largest absolute Gasteiger partial charge is 0.369 e. The van der Waals surface area contributed by atoms with Crippen molar-refractivity contribution in [2.45, 2.75) is 49.8 Å². The number of Topliss-reactive ketones (excluding diaryl/α,β-unsaturated/α-hetero) is 1. The van der Waals surface area contributed by atoms with Gasteiger partial charge in [-0.25, -0.2) is 13.4 Å². The maximum Gasteiger partial charge on any atom is 0.261 e. The monoisotopic (exact) mass is 582 g/mol. The van der Waals surface area contributed by atoms with Gasteiger partial charge in [-0.05, 0) is 62.2 Å². The summed E-state index contributed by atoms with van der Waals surface area (Å²) in [5, 5.41) is 2.78. The van der Waals surface area contributed by atoms with Gasteiger partial charge >= 0.3 is 0 Å². The number of anilines is 1. The number of piperazine rings is 1. The molecule has 3 atom stereocenters. The number of sulfonamides is 1. The Morgan fingerprint density at radius 2 is 1.73 bits per heavy atom. The summed E-state index contributed by atoms with van der Waals surface area (Å²) in [4.78, 5) is 50.2. The number of hydrogen-bond donors (Lipinski definition) is 1. The van der Waals surface area contributed by atoms with Crippen molar-refractivity contribution in [3.8, 4) is 0 Å². The molecule has 1 aromatic heterocycles. The first-order valence-electron chi connectivity index (χ1n) is 14.2. The molecule has 0 spiro atoms. The van der Waals surface area contributed by atoms with E-state index in [4.69, 9.17) is 0 Å². The molecule has 3 saturated heterocycles. The van der Waals surface area contributed by atoms with E-state index < -0.39 is 28.1 Å². The lowest BCUT2D eigenvalue weighted by molar-refractivity contribution is -0.138. The normalized spacial score (nSPS) is 22.7. The van der Waals surface area contributed by atoms with Gasteiger partial charge in [0.05, 0.1) is 12.6 Å². The maximum atomic E-state index is 13.8. The number of fused-ring (bicyclic) bond motifs is 1. The second-order valence-electron chi connectivity index (χ2n) is 11.5. The van der Waals surface area contributed by atoms with Crippen molar-refractivity contribution >= 4 is 33.3 Å². The van der Waals surface area contributed by atoms with Crippen LogP contribution in [-0.2, 0) is 19.6 Å². The smallest absolute Gasteiger partial charge is 0.261 e. The number of likely N-dealkylation sites (N-methyl/N-ethyl adjacent to an activating group) is 1. The van der Waals surface area contributed by atoms with Gasteiger partial charge in [-0.15, -0.1) is 0 Å². The highest BCUT2D eigenvalue weighted by Crippen LogP contribution is 2.34. The summed E-state index contributed by atoms with van der Waals surface area (Å²) in [6.45, 7) is 7.66. The topological polar surface area (TPSA) is 123 Å². The third kappa shape index (κ3) is 6.00. The lowest BCUT2D eigenvalue weighted by atomic mass is 10.0. The molecule has 12 heteroatoms. The molecule has 3 aliphatic rings. The molecule has 0 saturated carbocycles. The number of carbonyl (C=O) groups excluding carboxylic acids is 3. The second-order valence-corrected chi connectivity index (χ2v) is 13.3. The highest BCUT2D eigenvalue weighted by molar-refractivity contribution is 7.89. The molecule has 3 unspecified atom stereocenters. The van der Waals surface area contributed by atoms with Crippen molar-refractivity contribution < 1.29 is 22.8 Å². The summed E-state index contributed by atoms with van der Waals surface area (Å²) in [5.41, 5.74) is 1.51. The Hall–Kier alpha value is -3.35. The lowest BCUT2D eigenvalue weighted by Crippen LogP contribution is -2.53. The number of carbonyl (C=O) groups is 3. The minimum atomic E-state index is -4.00. The molecule has 220 valence electrons. The fraction of sp³-hybridized carbons (Fsp3) is 0.517. The third-order valence-electron chi connectivity index (χ3n) is 8.18. The Kier molecular flexibility index (Phi) is 8.44. The van der Waals surface area contributed by atoms with E-state index in [1.165, 1.54) is 21.5 Å². The Morgan fingerprint density at radius 1 is 1.02 bits per heavy atom. The van der Waals surface area contributed by atoms with Gasteiger partial charge in [0.15, 0.2) is 10.8 Å². The summed E-state index contributed by atoms with van der Waals surface area (Å²) < 4.78 is 27.7. The number of nitrogens with zero attached hydrogens (tertiary/aromatic N) is 5. The summed E-state index contributed by atoms with van der Waals surface area (Å²) >= 11 is 0. The molecular formula is C29H38N6O5S. The quantitative estimate of drug-likeness (QED) is 0.493. The van der Waals surface area contributed by atoms with Crippen LogP contribution in [0.2, 0.25) is 0 Å². The van der Waals surface area contributed by atoms with Crippen molar-refractivity contribution in [3.05, 3.63) is 54.2 Å². The standard InChI is InChI=1S/C29H38N6O5S/c1-20(2)18-23(31-28(37)21-7-9-22(10-8-21)33-16-14-32(3)15-17-33)29(38)34-13-11-24-27(34)25(36)19-35(24)41(39,40)26-6-4-5-12-30-26/h4-10,12,20,23-24,27H,11,13-19H2,1-3H3,(H,31,37).